The number of para-hydroxylation sites is 1. The molecule has 0 bridgehead atoms. The molecule has 2 rings (SSSR count). The standard InChI is InChI=1S/C12H16N4O3S/c1-16-12(13)11(8-14-16)20(17,18)15-7-9-5-3-4-6-10(9)19-2/h3-6,8,15H,7,13H2,1-2H3. The molecule has 8 heteroatoms. The van der Waals surface area contributed by atoms with Crippen LogP contribution in [0.2, 0.25) is 0 Å². The van der Waals surface area contributed by atoms with Crippen LogP contribution in [0.25, 0.3) is 0 Å². The zero-order valence-corrected chi connectivity index (χ0v) is 12.0. The number of sulfonamides is 1. The van der Waals surface area contributed by atoms with Crippen molar-refractivity contribution in [2.24, 2.45) is 7.05 Å². The average Bonchev–Trinajstić information content (AvgIpc) is 2.78. The predicted octanol–water partition coefficient (Wildman–Crippen LogP) is 0.489. The lowest BCUT2D eigenvalue weighted by Crippen LogP contribution is -2.24. The Labute approximate surface area is 117 Å². The molecular formula is C12H16N4O3S. The average molecular weight is 296 g/mol. The summed E-state index contributed by atoms with van der Waals surface area (Å²) in [7, 11) is -0.595. The zero-order valence-electron chi connectivity index (χ0n) is 11.2. The Kier molecular flexibility index (Phi) is 3.96. The van der Waals surface area contributed by atoms with E-state index >= 15 is 0 Å². The number of nitrogens with one attached hydrogen (secondary N) is 1. The van der Waals surface area contributed by atoms with Gasteiger partial charge in [-0.05, 0) is 6.07 Å². The lowest BCUT2D eigenvalue weighted by molar-refractivity contribution is 0.409. The van der Waals surface area contributed by atoms with Gasteiger partial charge in [-0.15, -0.1) is 0 Å². The van der Waals surface area contributed by atoms with Crippen LogP contribution in [0.4, 0.5) is 5.82 Å². The molecule has 0 atom stereocenters. The smallest absolute Gasteiger partial charge is 0.246 e. The molecule has 0 fully saturated rings. The second kappa shape index (κ2) is 5.51. The molecule has 3 N–H and O–H groups in total. The van der Waals surface area contributed by atoms with E-state index in [2.05, 4.69) is 9.82 Å². The van der Waals surface area contributed by atoms with Crippen molar-refractivity contribution < 1.29 is 13.2 Å². The van der Waals surface area contributed by atoms with Gasteiger partial charge in [0.15, 0.2) is 0 Å². The van der Waals surface area contributed by atoms with Gasteiger partial charge < -0.3 is 10.5 Å². The maximum Gasteiger partial charge on any atom is 0.246 e. The first-order valence-electron chi connectivity index (χ1n) is 5.84. The van der Waals surface area contributed by atoms with Gasteiger partial charge in [-0.1, -0.05) is 18.2 Å². The molecule has 20 heavy (non-hydrogen) atoms. The van der Waals surface area contributed by atoms with Gasteiger partial charge in [-0.2, -0.15) is 5.10 Å². The molecule has 0 amide bonds. The van der Waals surface area contributed by atoms with E-state index in [-0.39, 0.29) is 17.3 Å². The number of nitrogen functional groups attached to an aromatic ring is 1. The second-order valence-corrected chi connectivity index (χ2v) is 5.89. The Morgan fingerprint density at radius 1 is 1.40 bits per heavy atom. The van der Waals surface area contributed by atoms with E-state index in [0.717, 1.165) is 5.56 Å². The summed E-state index contributed by atoms with van der Waals surface area (Å²) in [6, 6.07) is 7.18. The fourth-order valence-corrected chi connectivity index (χ4v) is 2.83. The highest BCUT2D eigenvalue weighted by Gasteiger charge is 2.20. The van der Waals surface area contributed by atoms with Crippen molar-refractivity contribution in [2.45, 2.75) is 11.4 Å². The third-order valence-corrected chi connectivity index (χ3v) is 4.30. The monoisotopic (exact) mass is 296 g/mol. The molecule has 0 saturated heterocycles. The van der Waals surface area contributed by atoms with E-state index in [1.807, 2.05) is 12.1 Å². The lowest BCUT2D eigenvalue weighted by atomic mass is 10.2. The van der Waals surface area contributed by atoms with Crippen molar-refractivity contribution in [3.63, 3.8) is 0 Å². The van der Waals surface area contributed by atoms with E-state index in [9.17, 15) is 8.42 Å². The van der Waals surface area contributed by atoms with E-state index in [4.69, 9.17) is 10.5 Å². The number of ether oxygens (including phenoxy) is 1. The van der Waals surface area contributed by atoms with Crippen molar-refractivity contribution in [1.29, 1.82) is 0 Å². The number of aromatic nitrogens is 2. The zero-order chi connectivity index (χ0) is 14.8. The maximum absolute atomic E-state index is 12.2. The van der Waals surface area contributed by atoms with Crippen LogP contribution in [0, 0.1) is 0 Å². The number of hydrogen-bond acceptors (Lipinski definition) is 5. The van der Waals surface area contributed by atoms with Crippen LogP contribution in [0.5, 0.6) is 5.75 Å². The van der Waals surface area contributed by atoms with Crippen LogP contribution < -0.4 is 15.2 Å². The highest BCUT2D eigenvalue weighted by atomic mass is 32.2. The third kappa shape index (κ3) is 2.75. The van der Waals surface area contributed by atoms with Gasteiger partial charge in [-0.3, -0.25) is 4.68 Å². The second-order valence-electron chi connectivity index (χ2n) is 4.15. The Hall–Kier alpha value is -2.06. The van der Waals surface area contributed by atoms with Gasteiger partial charge in [0.25, 0.3) is 0 Å². The SMILES string of the molecule is COc1ccccc1CNS(=O)(=O)c1cnn(C)c1N. The first-order valence-corrected chi connectivity index (χ1v) is 7.33. The van der Waals surface area contributed by atoms with Gasteiger partial charge >= 0.3 is 0 Å². The van der Waals surface area contributed by atoms with Crippen LogP contribution in [0.3, 0.4) is 0 Å². The summed E-state index contributed by atoms with van der Waals surface area (Å²) >= 11 is 0. The van der Waals surface area contributed by atoms with Gasteiger partial charge in [-0.25, -0.2) is 13.1 Å². The van der Waals surface area contributed by atoms with Gasteiger partial charge in [0.1, 0.15) is 16.5 Å². The molecule has 0 spiro atoms. The van der Waals surface area contributed by atoms with Crippen LogP contribution in [-0.2, 0) is 23.6 Å². The quantitative estimate of drug-likeness (QED) is 0.836. The fourth-order valence-electron chi connectivity index (χ4n) is 1.73. The summed E-state index contributed by atoms with van der Waals surface area (Å²) in [4.78, 5) is -0.0325. The molecule has 0 aliphatic rings. The van der Waals surface area contributed by atoms with Gasteiger partial charge in [0.05, 0.1) is 13.3 Å². The topological polar surface area (TPSA) is 99.2 Å². The largest absolute Gasteiger partial charge is 0.496 e. The number of nitrogens with zero attached hydrogens (tertiary/aromatic N) is 2. The molecule has 7 nitrogen and oxygen atoms in total. The molecule has 0 saturated carbocycles. The highest BCUT2D eigenvalue weighted by Crippen LogP contribution is 2.20. The maximum atomic E-state index is 12.2. The molecule has 2 aromatic rings. The number of aryl methyl sites for hydroxylation is 1. The number of nitrogens with two attached hydrogens (primary N) is 1. The highest BCUT2D eigenvalue weighted by molar-refractivity contribution is 7.89. The number of methoxy groups -OCH3 is 1. The van der Waals surface area contributed by atoms with Crippen molar-refractivity contribution in [1.82, 2.24) is 14.5 Å². The molecular weight excluding hydrogens is 280 g/mol. The van der Waals surface area contributed by atoms with Crippen LogP contribution >= 0.6 is 0 Å². The minimum Gasteiger partial charge on any atom is -0.496 e. The first-order chi connectivity index (χ1) is 9.45. The number of hydrogen-bond donors (Lipinski definition) is 2. The van der Waals surface area contributed by atoms with E-state index in [1.165, 1.54) is 18.0 Å². The molecule has 108 valence electrons. The molecule has 0 aliphatic heterocycles. The minimum absolute atomic E-state index is 0.0325. The van der Waals surface area contributed by atoms with Crippen molar-refractivity contribution in [3.8, 4) is 5.75 Å². The summed E-state index contributed by atoms with van der Waals surface area (Å²) in [5.41, 5.74) is 6.41. The molecule has 1 aromatic heterocycles. The Bertz CT molecular complexity index is 709. The van der Waals surface area contributed by atoms with Gasteiger partial charge in [0, 0.05) is 19.2 Å². The molecule has 0 radical (unpaired) electrons. The van der Waals surface area contributed by atoms with Gasteiger partial charge in [0.2, 0.25) is 10.0 Å². The molecule has 0 unspecified atom stereocenters. The van der Waals surface area contributed by atoms with E-state index in [1.54, 1.807) is 19.2 Å². The fraction of sp³-hybridized carbons (Fsp3) is 0.250. The van der Waals surface area contributed by atoms with Crippen molar-refractivity contribution in [3.05, 3.63) is 36.0 Å². The number of anilines is 1. The number of benzene rings is 1. The van der Waals surface area contributed by atoms with E-state index in [0.29, 0.717) is 5.75 Å². The lowest BCUT2D eigenvalue weighted by Gasteiger charge is -2.09. The Balaban J connectivity index is 2.20. The summed E-state index contributed by atoms with van der Waals surface area (Å²) in [6.45, 7) is 0.112. The molecule has 1 heterocycles. The summed E-state index contributed by atoms with van der Waals surface area (Å²) < 4.78 is 33.3. The molecule has 0 aliphatic carbocycles. The van der Waals surface area contributed by atoms with Crippen LogP contribution in [0.1, 0.15) is 5.56 Å². The Morgan fingerprint density at radius 2 is 2.10 bits per heavy atom. The third-order valence-electron chi connectivity index (χ3n) is 2.88. The van der Waals surface area contributed by atoms with Crippen molar-refractivity contribution in [2.75, 3.05) is 12.8 Å². The van der Waals surface area contributed by atoms with Crippen LogP contribution in [0.15, 0.2) is 35.4 Å². The van der Waals surface area contributed by atoms with Crippen molar-refractivity contribution >= 4 is 15.8 Å². The Morgan fingerprint density at radius 3 is 2.70 bits per heavy atom. The van der Waals surface area contributed by atoms with E-state index < -0.39 is 10.0 Å². The van der Waals surface area contributed by atoms with Crippen LogP contribution in [-0.4, -0.2) is 25.3 Å². The number of rotatable bonds is 5. The summed E-state index contributed by atoms with van der Waals surface area (Å²) in [5, 5.41) is 3.82. The normalized spacial score (nSPS) is 11.5. The summed E-state index contributed by atoms with van der Waals surface area (Å²) in [6.07, 6.45) is 1.22. The summed E-state index contributed by atoms with van der Waals surface area (Å²) in [5.74, 6) is 0.715. The first kappa shape index (κ1) is 14.4. The molecule has 1 aromatic carbocycles. The minimum atomic E-state index is -3.71. The predicted molar refractivity (Wildman–Crippen MR) is 74.6 cm³/mol.